The molecule has 0 aliphatic rings. The minimum Gasteiger partial charge on any atom is -0.508 e. The van der Waals surface area contributed by atoms with Crippen LogP contribution in [0.15, 0.2) is 29.6 Å². The van der Waals surface area contributed by atoms with Crippen LogP contribution in [0.5, 0.6) is 5.75 Å². The van der Waals surface area contributed by atoms with Crippen molar-refractivity contribution in [3.8, 4) is 5.75 Å². The summed E-state index contributed by atoms with van der Waals surface area (Å²) in [6.45, 7) is 0. The van der Waals surface area contributed by atoms with E-state index >= 15 is 0 Å². The van der Waals surface area contributed by atoms with Gasteiger partial charge in [-0.2, -0.15) is 13.2 Å². The number of phenolic OH excluding ortho intramolecular Hbond substituents is 1. The molecule has 1 heterocycles. The second-order valence-corrected chi connectivity index (χ2v) is 3.89. The Kier molecular flexibility index (Phi) is 3.95. The van der Waals surface area contributed by atoms with Crippen molar-refractivity contribution in [2.75, 3.05) is 0 Å². The van der Waals surface area contributed by atoms with E-state index in [4.69, 9.17) is 15.0 Å². The van der Waals surface area contributed by atoms with E-state index in [1.54, 1.807) is 23.5 Å². The molecule has 0 saturated heterocycles. The first kappa shape index (κ1) is 13.3. The van der Waals surface area contributed by atoms with Crippen molar-refractivity contribution in [1.82, 2.24) is 0 Å². The summed E-state index contributed by atoms with van der Waals surface area (Å²) in [4.78, 5) is 8.90. The Morgan fingerprint density at radius 3 is 2.35 bits per heavy atom. The second-order valence-electron chi connectivity index (χ2n) is 2.95. The number of benzene rings is 1. The number of fused-ring (bicyclic) bond motifs is 1. The molecule has 0 aliphatic carbocycles. The Morgan fingerprint density at radius 1 is 1.24 bits per heavy atom. The minimum absolute atomic E-state index is 0.343. The molecule has 17 heavy (non-hydrogen) atoms. The maximum Gasteiger partial charge on any atom is 0.490 e. The maximum absolute atomic E-state index is 10.6. The molecule has 1 aromatic heterocycles. The summed E-state index contributed by atoms with van der Waals surface area (Å²) >= 11 is 1.64. The largest absolute Gasteiger partial charge is 0.508 e. The van der Waals surface area contributed by atoms with Crippen LogP contribution >= 0.6 is 11.3 Å². The molecular formula is C10H7F3O3S. The summed E-state index contributed by atoms with van der Waals surface area (Å²) in [7, 11) is 0. The van der Waals surface area contributed by atoms with Crippen LogP contribution in [0.2, 0.25) is 0 Å². The first-order valence-corrected chi connectivity index (χ1v) is 5.15. The van der Waals surface area contributed by atoms with Gasteiger partial charge in [-0.3, -0.25) is 0 Å². The van der Waals surface area contributed by atoms with Crippen molar-refractivity contribution in [1.29, 1.82) is 0 Å². The Morgan fingerprint density at radius 2 is 1.82 bits per heavy atom. The fourth-order valence-electron chi connectivity index (χ4n) is 0.943. The number of aromatic hydroxyl groups is 1. The van der Waals surface area contributed by atoms with Crippen LogP contribution in [-0.2, 0) is 4.79 Å². The number of carboxylic acid groups (broad SMARTS) is 1. The number of hydrogen-bond donors (Lipinski definition) is 2. The smallest absolute Gasteiger partial charge is 0.490 e. The highest BCUT2D eigenvalue weighted by molar-refractivity contribution is 7.17. The molecule has 0 amide bonds. The number of thiophene rings is 1. The molecule has 0 unspecified atom stereocenters. The summed E-state index contributed by atoms with van der Waals surface area (Å²) in [5.74, 6) is -2.41. The number of alkyl halides is 3. The third kappa shape index (κ3) is 3.95. The molecule has 0 spiro atoms. The van der Waals surface area contributed by atoms with Crippen LogP contribution < -0.4 is 0 Å². The van der Waals surface area contributed by atoms with E-state index in [-0.39, 0.29) is 0 Å². The number of carboxylic acids is 1. The molecule has 2 N–H and O–H groups in total. The van der Waals surface area contributed by atoms with Crippen LogP contribution in [0.3, 0.4) is 0 Å². The molecule has 0 saturated carbocycles. The van der Waals surface area contributed by atoms with E-state index in [2.05, 4.69) is 0 Å². The van der Waals surface area contributed by atoms with Crippen LogP contribution in [0, 0.1) is 0 Å². The van der Waals surface area contributed by atoms with Gasteiger partial charge in [0.25, 0.3) is 0 Å². The SMILES string of the molecule is O=C(O)C(F)(F)F.Oc1ccc2ccsc2c1. The van der Waals surface area contributed by atoms with Gasteiger partial charge >= 0.3 is 12.1 Å². The minimum atomic E-state index is -5.08. The Balaban J connectivity index is 0.000000185. The Hall–Kier alpha value is -1.76. The van der Waals surface area contributed by atoms with Gasteiger partial charge in [-0.15, -0.1) is 11.3 Å². The van der Waals surface area contributed by atoms with Gasteiger partial charge in [-0.05, 0) is 35.0 Å². The highest BCUT2D eigenvalue weighted by atomic mass is 32.1. The van der Waals surface area contributed by atoms with Gasteiger partial charge in [0.2, 0.25) is 0 Å². The summed E-state index contributed by atoms with van der Waals surface area (Å²) in [6, 6.07) is 7.44. The predicted octanol–water partition coefficient (Wildman–Crippen LogP) is 3.24. The number of aliphatic carboxylic acids is 1. The quantitative estimate of drug-likeness (QED) is 0.768. The number of hydrogen-bond acceptors (Lipinski definition) is 3. The molecule has 92 valence electrons. The lowest BCUT2D eigenvalue weighted by Gasteiger charge is -1.93. The monoisotopic (exact) mass is 264 g/mol. The molecule has 0 fully saturated rings. The van der Waals surface area contributed by atoms with E-state index in [0.717, 1.165) is 4.70 Å². The normalized spacial score (nSPS) is 10.8. The molecule has 2 aromatic rings. The molecule has 0 radical (unpaired) electrons. The molecule has 0 bridgehead atoms. The summed E-state index contributed by atoms with van der Waals surface area (Å²) < 4.78 is 32.9. The molecule has 2 rings (SSSR count). The number of rotatable bonds is 0. The summed E-state index contributed by atoms with van der Waals surface area (Å²) in [6.07, 6.45) is -5.08. The standard InChI is InChI=1S/C8H6OS.C2HF3O2/c9-7-2-1-6-3-4-10-8(6)5-7;3-2(4,5)1(6)7/h1-5,9H;(H,6,7). The van der Waals surface area contributed by atoms with Gasteiger partial charge in [0.15, 0.2) is 0 Å². The van der Waals surface area contributed by atoms with E-state index in [0.29, 0.717) is 5.75 Å². The third-order valence-corrected chi connectivity index (χ3v) is 2.56. The lowest BCUT2D eigenvalue weighted by molar-refractivity contribution is -0.192. The van der Waals surface area contributed by atoms with Crippen molar-refractivity contribution in [2.24, 2.45) is 0 Å². The maximum atomic E-state index is 10.6. The summed E-state index contributed by atoms with van der Waals surface area (Å²) in [5, 5.41) is 19.4. The van der Waals surface area contributed by atoms with E-state index < -0.39 is 12.1 Å². The van der Waals surface area contributed by atoms with Crippen molar-refractivity contribution < 1.29 is 28.2 Å². The van der Waals surface area contributed by atoms with Crippen LogP contribution in [-0.4, -0.2) is 22.4 Å². The molecule has 0 aliphatic heterocycles. The van der Waals surface area contributed by atoms with E-state index in [1.165, 1.54) is 5.39 Å². The van der Waals surface area contributed by atoms with Crippen molar-refractivity contribution in [2.45, 2.75) is 6.18 Å². The zero-order valence-electron chi connectivity index (χ0n) is 8.23. The lowest BCUT2D eigenvalue weighted by Crippen LogP contribution is -2.21. The molecule has 0 atom stereocenters. The average molecular weight is 264 g/mol. The van der Waals surface area contributed by atoms with E-state index in [9.17, 15) is 13.2 Å². The van der Waals surface area contributed by atoms with Crippen LogP contribution in [0.4, 0.5) is 13.2 Å². The fraction of sp³-hybridized carbons (Fsp3) is 0.100. The molecule has 1 aromatic carbocycles. The van der Waals surface area contributed by atoms with Gasteiger partial charge in [0.05, 0.1) is 0 Å². The van der Waals surface area contributed by atoms with Gasteiger partial charge in [0, 0.05) is 4.70 Å². The Bertz CT molecular complexity index is 519. The van der Waals surface area contributed by atoms with Crippen molar-refractivity contribution >= 4 is 27.4 Å². The molecule has 7 heteroatoms. The van der Waals surface area contributed by atoms with Gasteiger partial charge in [-0.1, -0.05) is 0 Å². The predicted molar refractivity (Wildman–Crippen MR) is 57.2 cm³/mol. The van der Waals surface area contributed by atoms with Gasteiger partial charge in [0.1, 0.15) is 5.75 Å². The zero-order valence-corrected chi connectivity index (χ0v) is 9.05. The number of carbonyl (C=O) groups is 1. The van der Waals surface area contributed by atoms with Crippen LogP contribution in [0.25, 0.3) is 10.1 Å². The second kappa shape index (κ2) is 5.05. The number of phenols is 1. The van der Waals surface area contributed by atoms with Crippen LogP contribution in [0.1, 0.15) is 0 Å². The lowest BCUT2D eigenvalue weighted by atomic mass is 10.2. The number of halogens is 3. The first-order valence-electron chi connectivity index (χ1n) is 4.27. The van der Waals surface area contributed by atoms with Gasteiger partial charge in [-0.25, -0.2) is 4.79 Å². The molecular weight excluding hydrogens is 257 g/mol. The first-order chi connectivity index (χ1) is 7.80. The topological polar surface area (TPSA) is 57.5 Å². The Labute approximate surface area is 97.7 Å². The average Bonchev–Trinajstić information content (AvgIpc) is 2.63. The molecule has 3 nitrogen and oxygen atoms in total. The summed E-state index contributed by atoms with van der Waals surface area (Å²) in [5.41, 5.74) is 0. The zero-order chi connectivity index (χ0) is 13.1. The highest BCUT2D eigenvalue weighted by Gasteiger charge is 2.38. The van der Waals surface area contributed by atoms with Crippen molar-refractivity contribution in [3.63, 3.8) is 0 Å². The highest BCUT2D eigenvalue weighted by Crippen LogP contribution is 2.24. The van der Waals surface area contributed by atoms with E-state index in [1.807, 2.05) is 17.5 Å². The fourth-order valence-corrected chi connectivity index (χ4v) is 1.77. The third-order valence-electron chi connectivity index (χ3n) is 1.68. The van der Waals surface area contributed by atoms with Crippen molar-refractivity contribution in [3.05, 3.63) is 29.6 Å². The van der Waals surface area contributed by atoms with Gasteiger partial charge < -0.3 is 10.2 Å².